The number of nitrogens with one attached hydrogen (secondary N) is 1. The van der Waals surface area contributed by atoms with Crippen LogP contribution in [0, 0.1) is 15.5 Å². The average molecular weight is 250 g/mol. The molecule has 1 fully saturated rings. The first-order valence-corrected chi connectivity index (χ1v) is 5.93. The Morgan fingerprint density at radius 2 is 2.22 bits per heavy atom. The highest BCUT2D eigenvalue weighted by Gasteiger charge is 2.33. The van der Waals surface area contributed by atoms with Gasteiger partial charge >= 0.3 is 5.69 Å². The topological polar surface area (TPSA) is 84.4 Å². The van der Waals surface area contributed by atoms with E-state index in [1.165, 1.54) is 0 Å². The van der Waals surface area contributed by atoms with Crippen molar-refractivity contribution in [3.05, 3.63) is 28.3 Å². The normalized spacial score (nSPS) is 17.8. The summed E-state index contributed by atoms with van der Waals surface area (Å²) in [5, 5.41) is 11.2. The zero-order valence-electron chi connectivity index (χ0n) is 10.6. The van der Waals surface area contributed by atoms with Crippen LogP contribution in [-0.4, -0.2) is 18.0 Å². The number of nitrogen functional groups attached to an aromatic ring is 1. The highest BCUT2D eigenvalue weighted by atomic mass is 16.6. The van der Waals surface area contributed by atoms with Crippen LogP contribution in [0.5, 0.6) is 0 Å². The van der Waals surface area contributed by atoms with E-state index in [0.29, 0.717) is 11.4 Å². The molecule has 1 aromatic rings. The summed E-state index contributed by atoms with van der Waals surface area (Å²) >= 11 is 0. The summed E-state index contributed by atoms with van der Waals surface area (Å²) in [7, 11) is 0. The molecule has 0 aromatic heterocycles. The van der Waals surface area contributed by atoms with Gasteiger partial charge < -0.3 is 10.3 Å². The van der Waals surface area contributed by atoms with Crippen LogP contribution in [-0.2, 0) is 0 Å². The molecule has 6 nitrogen and oxygen atoms in total. The minimum Gasteiger partial charge on any atom is -0.365 e. The predicted octanol–water partition coefficient (Wildman–Crippen LogP) is 2.12. The van der Waals surface area contributed by atoms with Crippen molar-refractivity contribution in [2.24, 2.45) is 11.3 Å². The van der Waals surface area contributed by atoms with Gasteiger partial charge in [-0.05, 0) is 24.0 Å². The van der Waals surface area contributed by atoms with Crippen molar-refractivity contribution in [1.29, 1.82) is 0 Å². The first kappa shape index (κ1) is 12.6. The number of nitrogens with zero attached hydrogens (tertiary/aromatic N) is 2. The molecule has 0 amide bonds. The molecule has 0 radical (unpaired) electrons. The number of anilines is 2. The van der Waals surface area contributed by atoms with Crippen molar-refractivity contribution in [1.82, 2.24) is 0 Å². The van der Waals surface area contributed by atoms with Gasteiger partial charge in [-0.3, -0.25) is 16.0 Å². The molecule has 1 aliphatic rings. The Bertz CT molecular complexity index is 473. The predicted molar refractivity (Wildman–Crippen MR) is 71.5 cm³/mol. The molecule has 18 heavy (non-hydrogen) atoms. The number of nitro benzene ring substituents is 1. The Kier molecular flexibility index (Phi) is 3.13. The fourth-order valence-electron chi connectivity index (χ4n) is 2.41. The Morgan fingerprint density at radius 3 is 2.72 bits per heavy atom. The lowest BCUT2D eigenvalue weighted by molar-refractivity contribution is -0.383. The summed E-state index contributed by atoms with van der Waals surface area (Å²) in [6.45, 7) is 6.00. The van der Waals surface area contributed by atoms with Crippen LogP contribution in [0.15, 0.2) is 18.2 Å². The number of hydrogen-bond donors (Lipinski definition) is 2. The lowest BCUT2D eigenvalue weighted by Crippen LogP contribution is -2.24. The number of para-hydroxylation sites is 1. The molecule has 0 spiro atoms. The minimum absolute atomic E-state index is 0.0534. The van der Waals surface area contributed by atoms with Gasteiger partial charge in [0.1, 0.15) is 11.4 Å². The van der Waals surface area contributed by atoms with Crippen LogP contribution < -0.4 is 16.2 Å². The molecule has 0 bridgehead atoms. The Hall–Kier alpha value is -1.82. The average Bonchev–Trinajstić information content (AvgIpc) is 2.68. The first-order valence-electron chi connectivity index (χ1n) is 5.93. The third-order valence-electron chi connectivity index (χ3n) is 3.37. The van der Waals surface area contributed by atoms with Crippen molar-refractivity contribution in [3.8, 4) is 0 Å². The Morgan fingerprint density at radius 1 is 1.50 bits per heavy atom. The maximum absolute atomic E-state index is 11.2. The molecule has 1 heterocycles. The molecule has 1 aromatic carbocycles. The number of hydrogen-bond acceptors (Lipinski definition) is 5. The smallest absolute Gasteiger partial charge is 0.316 e. The fourth-order valence-corrected chi connectivity index (χ4v) is 2.41. The third-order valence-corrected chi connectivity index (χ3v) is 3.37. The molecule has 98 valence electrons. The monoisotopic (exact) mass is 250 g/mol. The summed E-state index contributed by atoms with van der Waals surface area (Å²) in [4.78, 5) is 12.9. The standard InChI is InChI=1S/C12H18N4O2/c1-12(2)6-7-15(8-12)10-5-3-4-9(14-13)11(10)16(17)18/h3-5,14H,6-8,13H2,1-2H3. The van der Waals surface area contributed by atoms with E-state index in [2.05, 4.69) is 24.2 Å². The molecular formula is C12H18N4O2. The van der Waals surface area contributed by atoms with Gasteiger partial charge in [-0.25, -0.2) is 0 Å². The summed E-state index contributed by atoms with van der Waals surface area (Å²) in [6.07, 6.45) is 1.03. The minimum atomic E-state index is -0.379. The van der Waals surface area contributed by atoms with Gasteiger partial charge in [0.05, 0.1) is 4.92 Å². The Labute approximate surface area is 106 Å². The lowest BCUT2D eigenvalue weighted by atomic mass is 9.93. The summed E-state index contributed by atoms with van der Waals surface area (Å²) < 4.78 is 0. The number of nitro groups is 1. The van der Waals surface area contributed by atoms with E-state index < -0.39 is 0 Å². The van der Waals surface area contributed by atoms with Crippen molar-refractivity contribution >= 4 is 17.1 Å². The number of hydrazine groups is 1. The summed E-state index contributed by atoms with van der Waals surface area (Å²) in [5.74, 6) is 5.34. The van der Waals surface area contributed by atoms with Gasteiger partial charge in [0.15, 0.2) is 0 Å². The van der Waals surface area contributed by atoms with Gasteiger partial charge in [0.2, 0.25) is 0 Å². The number of nitrogens with two attached hydrogens (primary N) is 1. The maximum atomic E-state index is 11.2. The molecule has 0 unspecified atom stereocenters. The molecule has 3 N–H and O–H groups in total. The summed E-state index contributed by atoms with van der Waals surface area (Å²) in [6, 6.07) is 5.17. The van der Waals surface area contributed by atoms with E-state index in [1.807, 2.05) is 0 Å². The molecule has 2 rings (SSSR count). The molecule has 1 aliphatic heterocycles. The van der Waals surface area contributed by atoms with E-state index >= 15 is 0 Å². The van der Waals surface area contributed by atoms with Crippen molar-refractivity contribution in [3.63, 3.8) is 0 Å². The fraction of sp³-hybridized carbons (Fsp3) is 0.500. The largest absolute Gasteiger partial charge is 0.365 e. The molecule has 0 saturated carbocycles. The van der Waals surface area contributed by atoms with Gasteiger partial charge in [-0.15, -0.1) is 0 Å². The lowest BCUT2D eigenvalue weighted by Gasteiger charge is -2.22. The van der Waals surface area contributed by atoms with Crippen molar-refractivity contribution in [2.75, 3.05) is 23.4 Å². The van der Waals surface area contributed by atoms with E-state index in [-0.39, 0.29) is 16.0 Å². The van der Waals surface area contributed by atoms with E-state index in [4.69, 9.17) is 5.84 Å². The second-order valence-electron chi connectivity index (χ2n) is 5.41. The number of rotatable bonds is 3. The van der Waals surface area contributed by atoms with Crippen LogP contribution in [0.2, 0.25) is 0 Å². The molecule has 1 saturated heterocycles. The van der Waals surface area contributed by atoms with Crippen LogP contribution in [0.3, 0.4) is 0 Å². The van der Waals surface area contributed by atoms with E-state index in [1.54, 1.807) is 18.2 Å². The van der Waals surface area contributed by atoms with Crippen LogP contribution >= 0.6 is 0 Å². The van der Waals surface area contributed by atoms with Gasteiger partial charge in [0.25, 0.3) is 0 Å². The first-order chi connectivity index (χ1) is 8.44. The van der Waals surface area contributed by atoms with E-state index in [9.17, 15) is 10.1 Å². The van der Waals surface area contributed by atoms with Crippen molar-refractivity contribution in [2.45, 2.75) is 20.3 Å². The van der Waals surface area contributed by atoms with E-state index in [0.717, 1.165) is 19.5 Å². The van der Waals surface area contributed by atoms with Crippen LogP contribution in [0.4, 0.5) is 17.1 Å². The van der Waals surface area contributed by atoms with Gasteiger partial charge in [-0.2, -0.15) is 0 Å². The third kappa shape index (κ3) is 2.24. The zero-order valence-corrected chi connectivity index (χ0v) is 10.6. The summed E-state index contributed by atoms with van der Waals surface area (Å²) in [5.41, 5.74) is 3.63. The molecule has 0 atom stereocenters. The van der Waals surface area contributed by atoms with Crippen molar-refractivity contribution < 1.29 is 4.92 Å². The Balaban J connectivity index is 2.42. The van der Waals surface area contributed by atoms with Crippen LogP contribution in [0.1, 0.15) is 20.3 Å². The van der Waals surface area contributed by atoms with Gasteiger partial charge in [-0.1, -0.05) is 19.9 Å². The zero-order chi connectivity index (χ0) is 13.3. The van der Waals surface area contributed by atoms with Gasteiger partial charge in [0, 0.05) is 13.1 Å². The molecule has 0 aliphatic carbocycles. The molecule has 6 heteroatoms. The maximum Gasteiger partial charge on any atom is 0.316 e. The second-order valence-corrected chi connectivity index (χ2v) is 5.41. The van der Waals surface area contributed by atoms with Crippen LogP contribution in [0.25, 0.3) is 0 Å². The highest BCUT2D eigenvalue weighted by Crippen LogP contribution is 2.40. The highest BCUT2D eigenvalue weighted by molar-refractivity contribution is 5.77. The molecular weight excluding hydrogens is 232 g/mol. The SMILES string of the molecule is CC1(C)CCN(c2cccc(NN)c2[N+](=O)[O-])C1. The quantitative estimate of drug-likeness (QED) is 0.487. The number of benzene rings is 1. The second kappa shape index (κ2) is 4.45.